The molecule has 2 rings (SSSR count). The molecule has 0 amide bonds. The molecular formula is C18H27IN4O2S. The molecule has 0 aliphatic carbocycles. The Morgan fingerprint density at radius 3 is 2.65 bits per heavy atom. The Labute approximate surface area is 176 Å². The zero-order chi connectivity index (χ0) is 18.1. The van der Waals surface area contributed by atoms with Crippen LogP contribution in [0.5, 0.6) is 11.5 Å². The van der Waals surface area contributed by atoms with Gasteiger partial charge in [-0.05, 0) is 32.9 Å². The molecule has 1 heterocycles. The molecular weight excluding hydrogens is 463 g/mol. The van der Waals surface area contributed by atoms with Crippen molar-refractivity contribution in [2.45, 2.75) is 27.3 Å². The highest BCUT2D eigenvalue weighted by Crippen LogP contribution is 2.18. The molecule has 1 aromatic heterocycles. The lowest BCUT2D eigenvalue weighted by Crippen LogP contribution is -2.39. The largest absolute Gasteiger partial charge is 0.497 e. The van der Waals surface area contributed by atoms with Crippen LogP contribution in [0.25, 0.3) is 0 Å². The lowest BCUT2D eigenvalue weighted by atomic mass is 10.3. The van der Waals surface area contributed by atoms with Crippen LogP contribution in [0.15, 0.2) is 29.3 Å². The van der Waals surface area contributed by atoms with E-state index in [-0.39, 0.29) is 24.0 Å². The van der Waals surface area contributed by atoms with Gasteiger partial charge in [-0.2, -0.15) is 0 Å². The summed E-state index contributed by atoms with van der Waals surface area (Å²) in [4.78, 5) is 10.3. The van der Waals surface area contributed by atoms with E-state index in [0.29, 0.717) is 19.7 Å². The normalized spacial score (nSPS) is 10.8. The molecule has 2 aromatic rings. The van der Waals surface area contributed by atoms with E-state index in [9.17, 15) is 0 Å². The summed E-state index contributed by atoms with van der Waals surface area (Å²) in [7, 11) is 1.64. The Bertz CT molecular complexity index is 687. The summed E-state index contributed by atoms with van der Waals surface area (Å²) in [5.74, 6) is 2.34. The van der Waals surface area contributed by atoms with E-state index in [4.69, 9.17) is 9.47 Å². The molecule has 0 bridgehead atoms. The number of halogens is 1. The Kier molecular flexibility index (Phi) is 10.3. The zero-order valence-electron chi connectivity index (χ0n) is 15.7. The molecule has 0 aliphatic heterocycles. The molecule has 2 N–H and O–H groups in total. The van der Waals surface area contributed by atoms with Gasteiger partial charge in [-0.25, -0.2) is 9.98 Å². The lowest BCUT2D eigenvalue weighted by molar-refractivity contribution is 0.319. The number of ether oxygens (including phenoxy) is 2. The monoisotopic (exact) mass is 490 g/mol. The Hall–Kier alpha value is -1.55. The molecule has 0 aliphatic rings. The number of thiazole rings is 1. The summed E-state index contributed by atoms with van der Waals surface area (Å²) in [5, 5.41) is 7.53. The second-order valence-electron chi connectivity index (χ2n) is 5.40. The van der Waals surface area contributed by atoms with Crippen molar-refractivity contribution in [1.29, 1.82) is 0 Å². The first-order valence-electron chi connectivity index (χ1n) is 8.34. The predicted octanol–water partition coefficient (Wildman–Crippen LogP) is 3.52. The summed E-state index contributed by atoms with van der Waals surface area (Å²) < 4.78 is 10.9. The van der Waals surface area contributed by atoms with E-state index in [2.05, 4.69) is 27.5 Å². The Morgan fingerprint density at radius 2 is 2.00 bits per heavy atom. The van der Waals surface area contributed by atoms with Gasteiger partial charge in [0, 0.05) is 17.5 Å². The number of aryl methyl sites for hydroxylation is 2. The Balaban J connectivity index is 0.00000338. The van der Waals surface area contributed by atoms with Crippen LogP contribution < -0.4 is 20.1 Å². The van der Waals surface area contributed by atoms with Crippen molar-refractivity contribution < 1.29 is 9.47 Å². The zero-order valence-corrected chi connectivity index (χ0v) is 18.8. The minimum atomic E-state index is 0. The van der Waals surface area contributed by atoms with Crippen LogP contribution >= 0.6 is 35.3 Å². The molecule has 0 atom stereocenters. The first-order chi connectivity index (χ1) is 12.1. The number of methoxy groups -OCH3 is 1. The van der Waals surface area contributed by atoms with Gasteiger partial charge in [-0.15, -0.1) is 35.3 Å². The second kappa shape index (κ2) is 11.9. The molecule has 0 saturated carbocycles. The van der Waals surface area contributed by atoms with Crippen LogP contribution in [0.4, 0.5) is 0 Å². The maximum atomic E-state index is 5.72. The highest BCUT2D eigenvalue weighted by Gasteiger charge is 2.04. The van der Waals surface area contributed by atoms with Crippen molar-refractivity contribution in [2.24, 2.45) is 4.99 Å². The van der Waals surface area contributed by atoms with E-state index in [0.717, 1.165) is 34.7 Å². The first kappa shape index (κ1) is 22.5. The van der Waals surface area contributed by atoms with Gasteiger partial charge in [0.15, 0.2) is 5.96 Å². The van der Waals surface area contributed by atoms with Crippen molar-refractivity contribution in [2.75, 3.05) is 26.8 Å². The van der Waals surface area contributed by atoms with Crippen LogP contribution in [0.2, 0.25) is 0 Å². The van der Waals surface area contributed by atoms with Crippen LogP contribution in [0, 0.1) is 13.8 Å². The van der Waals surface area contributed by atoms with Gasteiger partial charge in [0.05, 0.1) is 25.9 Å². The third kappa shape index (κ3) is 7.36. The number of guanidine groups is 1. The summed E-state index contributed by atoms with van der Waals surface area (Å²) in [6.07, 6.45) is 0. The predicted molar refractivity (Wildman–Crippen MR) is 118 cm³/mol. The van der Waals surface area contributed by atoms with Gasteiger partial charge >= 0.3 is 0 Å². The van der Waals surface area contributed by atoms with Crippen LogP contribution in [-0.4, -0.2) is 37.7 Å². The Morgan fingerprint density at radius 1 is 1.23 bits per heavy atom. The highest BCUT2D eigenvalue weighted by atomic mass is 127. The fraction of sp³-hybridized carbons (Fsp3) is 0.444. The molecule has 0 saturated heterocycles. The van der Waals surface area contributed by atoms with Gasteiger partial charge < -0.3 is 20.1 Å². The molecule has 0 spiro atoms. The van der Waals surface area contributed by atoms with E-state index >= 15 is 0 Å². The molecule has 0 radical (unpaired) electrons. The topological polar surface area (TPSA) is 67.8 Å². The molecule has 0 fully saturated rings. The highest BCUT2D eigenvalue weighted by molar-refractivity contribution is 14.0. The maximum Gasteiger partial charge on any atom is 0.191 e. The number of hydrogen-bond acceptors (Lipinski definition) is 5. The fourth-order valence-corrected chi connectivity index (χ4v) is 2.98. The SMILES string of the molecule is CCNC(=NCc1nc(C)c(C)s1)NCCOc1cccc(OC)c1.I. The van der Waals surface area contributed by atoms with Gasteiger partial charge in [0.1, 0.15) is 23.1 Å². The van der Waals surface area contributed by atoms with E-state index in [1.807, 2.05) is 38.1 Å². The van der Waals surface area contributed by atoms with Crippen molar-refractivity contribution >= 4 is 41.3 Å². The molecule has 26 heavy (non-hydrogen) atoms. The van der Waals surface area contributed by atoms with Crippen molar-refractivity contribution in [1.82, 2.24) is 15.6 Å². The van der Waals surface area contributed by atoms with E-state index in [1.54, 1.807) is 18.4 Å². The van der Waals surface area contributed by atoms with Crippen molar-refractivity contribution in [3.8, 4) is 11.5 Å². The summed E-state index contributed by atoms with van der Waals surface area (Å²) in [6.45, 7) is 8.72. The van der Waals surface area contributed by atoms with Crippen LogP contribution in [0.3, 0.4) is 0 Å². The number of aromatic nitrogens is 1. The van der Waals surface area contributed by atoms with Crippen LogP contribution in [-0.2, 0) is 6.54 Å². The third-order valence-corrected chi connectivity index (χ3v) is 4.55. The number of hydrogen-bond donors (Lipinski definition) is 2. The number of nitrogens with zero attached hydrogens (tertiary/aromatic N) is 2. The number of rotatable bonds is 8. The number of benzene rings is 1. The van der Waals surface area contributed by atoms with Gasteiger partial charge in [0.25, 0.3) is 0 Å². The average molecular weight is 490 g/mol. The van der Waals surface area contributed by atoms with Crippen molar-refractivity contribution in [3.63, 3.8) is 0 Å². The lowest BCUT2D eigenvalue weighted by Gasteiger charge is -2.12. The minimum absolute atomic E-state index is 0. The molecule has 0 unspecified atom stereocenters. The third-order valence-electron chi connectivity index (χ3n) is 3.49. The smallest absolute Gasteiger partial charge is 0.191 e. The molecule has 8 heteroatoms. The van der Waals surface area contributed by atoms with E-state index in [1.165, 1.54) is 4.88 Å². The van der Waals surface area contributed by atoms with Crippen molar-refractivity contribution in [3.05, 3.63) is 39.8 Å². The molecule has 6 nitrogen and oxygen atoms in total. The summed E-state index contributed by atoms with van der Waals surface area (Å²) in [6, 6.07) is 7.58. The molecule has 1 aromatic carbocycles. The minimum Gasteiger partial charge on any atom is -0.497 e. The summed E-state index contributed by atoms with van der Waals surface area (Å²) in [5.41, 5.74) is 1.08. The van der Waals surface area contributed by atoms with Gasteiger partial charge in [0.2, 0.25) is 0 Å². The summed E-state index contributed by atoms with van der Waals surface area (Å²) >= 11 is 1.69. The standard InChI is InChI=1S/C18H26N4O2S.HI/c1-5-19-18(21-12-17-22-13(2)14(3)25-17)20-9-10-24-16-8-6-7-15(11-16)23-4;/h6-8,11H,5,9-10,12H2,1-4H3,(H2,19,20,21);1H. The second-order valence-corrected chi connectivity index (χ2v) is 6.69. The quantitative estimate of drug-likeness (QED) is 0.257. The first-order valence-corrected chi connectivity index (χ1v) is 9.16. The number of aliphatic imine (C=N–C) groups is 1. The van der Waals surface area contributed by atoms with Crippen LogP contribution in [0.1, 0.15) is 22.5 Å². The number of nitrogens with one attached hydrogen (secondary N) is 2. The van der Waals surface area contributed by atoms with Gasteiger partial charge in [-0.3, -0.25) is 0 Å². The average Bonchev–Trinajstić information content (AvgIpc) is 2.94. The molecule has 144 valence electrons. The fourth-order valence-electron chi connectivity index (χ4n) is 2.12. The van der Waals surface area contributed by atoms with E-state index < -0.39 is 0 Å². The van der Waals surface area contributed by atoms with Gasteiger partial charge in [-0.1, -0.05) is 6.07 Å². The maximum absolute atomic E-state index is 5.72.